The average molecular weight is 427 g/mol. The van der Waals surface area contributed by atoms with Crippen LogP contribution in [0.3, 0.4) is 0 Å². The SMILES string of the molecule is CC(C)(CO)CCCC1CCC(CCC2CCC(CCCC(C)(C)CO)C2O)C1O. The van der Waals surface area contributed by atoms with E-state index in [2.05, 4.69) is 27.7 Å². The molecule has 0 aromatic carbocycles. The van der Waals surface area contributed by atoms with E-state index in [0.29, 0.717) is 23.7 Å². The second-order valence-corrected chi connectivity index (χ2v) is 12.2. The van der Waals surface area contributed by atoms with Crippen molar-refractivity contribution in [3.05, 3.63) is 0 Å². The number of aliphatic hydroxyl groups is 4. The van der Waals surface area contributed by atoms with Gasteiger partial charge in [-0.3, -0.25) is 0 Å². The summed E-state index contributed by atoms with van der Waals surface area (Å²) in [6.45, 7) is 8.88. The minimum Gasteiger partial charge on any atom is -0.396 e. The molecule has 6 atom stereocenters. The third-order valence-electron chi connectivity index (χ3n) is 8.37. The van der Waals surface area contributed by atoms with Crippen LogP contribution in [0.1, 0.15) is 105 Å². The molecule has 0 bridgehead atoms. The molecule has 0 aromatic rings. The fraction of sp³-hybridized carbons (Fsp3) is 1.00. The Bertz CT molecular complexity index is 445. The van der Waals surface area contributed by atoms with Crippen LogP contribution in [0.15, 0.2) is 0 Å². The van der Waals surface area contributed by atoms with Crippen LogP contribution in [0.5, 0.6) is 0 Å². The summed E-state index contributed by atoms with van der Waals surface area (Å²) >= 11 is 0. The van der Waals surface area contributed by atoms with Gasteiger partial charge in [0.2, 0.25) is 0 Å². The highest BCUT2D eigenvalue weighted by Gasteiger charge is 2.38. The maximum absolute atomic E-state index is 10.8. The molecule has 4 heteroatoms. The first kappa shape index (κ1) is 26.1. The molecule has 30 heavy (non-hydrogen) atoms. The Morgan fingerprint density at radius 1 is 0.567 bits per heavy atom. The summed E-state index contributed by atoms with van der Waals surface area (Å²) in [5, 5.41) is 40.4. The highest BCUT2D eigenvalue weighted by molar-refractivity contribution is 4.89. The van der Waals surface area contributed by atoms with Crippen molar-refractivity contribution in [3.63, 3.8) is 0 Å². The topological polar surface area (TPSA) is 80.9 Å². The van der Waals surface area contributed by atoms with Crippen LogP contribution in [0.2, 0.25) is 0 Å². The third-order valence-corrected chi connectivity index (χ3v) is 8.37. The van der Waals surface area contributed by atoms with Gasteiger partial charge in [-0.05, 0) is 98.7 Å². The summed E-state index contributed by atoms with van der Waals surface area (Å²) in [4.78, 5) is 0. The molecule has 178 valence electrons. The van der Waals surface area contributed by atoms with Crippen LogP contribution in [-0.4, -0.2) is 45.8 Å². The molecule has 2 fully saturated rings. The normalized spacial score (nSPS) is 32.8. The summed E-state index contributed by atoms with van der Waals surface area (Å²) in [5.74, 6) is 1.64. The first-order chi connectivity index (χ1) is 14.1. The van der Waals surface area contributed by atoms with E-state index in [0.717, 1.165) is 77.0 Å². The van der Waals surface area contributed by atoms with Gasteiger partial charge < -0.3 is 20.4 Å². The molecule has 2 aliphatic carbocycles. The van der Waals surface area contributed by atoms with E-state index in [1.165, 1.54) is 0 Å². The molecule has 4 N–H and O–H groups in total. The predicted octanol–water partition coefficient (Wildman–Crippen LogP) is 4.92. The summed E-state index contributed by atoms with van der Waals surface area (Å²) in [5.41, 5.74) is -0.0160. The molecule has 0 aromatic heterocycles. The van der Waals surface area contributed by atoms with Crippen molar-refractivity contribution in [2.75, 3.05) is 13.2 Å². The van der Waals surface area contributed by atoms with Crippen LogP contribution < -0.4 is 0 Å². The maximum atomic E-state index is 10.8. The van der Waals surface area contributed by atoms with Gasteiger partial charge in [-0.25, -0.2) is 0 Å². The molecule has 2 saturated carbocycles. The molecular weight excluding hydrogens is 376 g/mol. The van der Waals surface area contributed by atoms with Gasteiger partial charge in [0.1, 0.15) is 0 Å². The van der Waals surface area contributed by atoms with E-state index in [-0.39, 0.29) is 36.3 Å². The van der Waals surface area contributed by atoms with Gasteiger partial charge >= 0.3 is 0 Å². The largest absolute Gasteiger partial charge is 0.396 e. The molecule has 4 nitrogen and oxygen atoms in total. The van der Waals surface area contributed by atoms with Crippen LogP contribution >= 0.6 is 0 Å². The van der Waals surface area contributed by atoms with Crippen molar-refractivity contribution in [1.82, 2.24) is 0 Å². The first-order valence-corrected chi connectivity index (χ1v) is 12.7. The molecule has 0 amide bonds. The van der Waals surface area contributed by atoms with Crippen molar-refractivity contribution < 1.29 is 20.4 Å². The van der Waals surface area contributed by atoms with Crippen molar-refractivity contribution in [2.45, 2.75) is 117 Å². The van der Waals surface area contributed by atoms with Gasteiger partial charge in [0.05, 0.1) is 12.2 Å². The molecular formula is C26H50O4. The average Bonchev–Trinajstić information content (AvgIpc) is 3.23. The van der Waals surface area contributed by atoms with Crippen molar-refractivity contribution >= 4 is 0 Å². The number of hydrogen-bond acceptors (Lipinski definition) is 4. The Balaban J connectivity index is 1.67. The lowest BCUT2D eigenvalue weighted by Gasteiger charge is -2.25. The quantitative estimate of drug-likeness (QED) is 0.337. The van der Waals surface area contributed by atoms with Gasteiger partial charge in [-0.2, -0.15) is 0 Å². The Kier molecular flexibility index (Phi) is 10.1. The molecule has 0 aliphatic heterocycles. The number of aliphatic hydroxyl groups excluding tert-OH is 4. The van der Waals surface area contributed by atoms with Crippen LogP contribution in [-0.2, 0) is 0 Å². The molecule has 0 radical (unpaired) electrons. The molecule has 0 spiro atoms. The molecule has 2 aliphatic rings. The minimum absolute atomic E-state index is 0.00798. The molecule has 0 saturated heterocycles. The summed E-state index contributed by atoms with van der Waals surface area (Å²) in [7, 11) is 0. The monoisotopic (exact) mass is 426 g/mol. The Morgan fingerprint density at radius 2 is 0.867 bits per heavy atom. The Morgan fingerprint density at radius 3 is 1.17 bits per heavy atom. The summed E-state index contributed by atoms with van der Waals surface area (Å²) < 4.78 is 0. The zero-order valence-electron chi connectivity index (χ0n) is 20.2. The Labute approximate surface area is 185 Å². The first-order valence-electron chi connectivity index (χ1n) is 12.7. The van der Waals surface area contributed by atoms with E-state index in [1.54, 1.807) is 0 Å². The third kappa shape index (κ3) is 7.76. The fourth-order valence-corrected chi connectivity index (χ4v) is 5.84. The highest BCUT2D eigenvalue weighted by Crippen LogP contribution is 2.42. The summed E-state index contributed by atoms with van der Waals surface area (Å²) in [6.07, 6.45) is 12.6. The van der Waals surface area contributed by atoms with Gasteiger partial charge in [-0.15, -0.1) is 0 Å². The van der Waals surface area contributed by atoms with E-state index in [9.17, 15) is 20.4 Å². The second-order valence-electron chi connectivity index (χ2n) is 12.2. The van der Waals surface area contributed by atoms with Gasteiger partial charge in [-0.1, -0.05) is 40.5 Å². The maximum Gasteiger partial charge on any atom is 0.0596 e. The summed E-state index contributed by atoms with van der Waals surface area (Å²) in [6, 6.07) is 0. The lowest BCUT2D eigenvalue weighted by Crippen LogP contribution is -2.25. The zero-order valence-corrected chi connectivity index (χ0v) is 20.2. The van der Waals surface area contributed by atoms with E-state index in [1.807, 2.05) is 0 Å². The van der Waals surface area contributed by atoms with Crippen molar-refractivity contribution in [2.24, 2.45) is 34.5 Å². The van der Waals surface area contributed by atoms with Crippen LogP contribution in [0.4, 0.5) is 0 Å². The standard InChI is InChI=1S/C26H50O4/c1-25(2,17-27)15-5-7-19-9-11-21(23(19)29)13-14-22-12-10-20(24(22)30)8-6-16-26(3,4)18-28/h19-24,27-30H,5-18H2,1-4H3. The Hall–Kier alpha value is -0.160. The van der Waals surface area contributed by atoms with Crippen molar-refractivity contribution in [3.8, 4) is 0 Å². The van der Waals surface area contributed by atoms with Gasteiger partial charge in [0.15, 0.2) is 0 Å². The van der Waals surface area contributed by atoms with Crippen LogP contribution in [0.25, 0.3) is 0 Å². The van der Waals surface area contributed by atoms with Gasteiger partial charge in [0, 0.05) is 13.2 Å². The van der Waals surface area contributed by atoms with Gasteiger partial charge in [0.25, 0.3) is 0 Å². The predicted molar refractivity (Wildman–Crippen MR) is 123 cm³/mol. The van der Waals surface area contributed by atoms with Crippen LogP contribution in [0, 0.1) is 34.5 Å². The number of hydrogen-bond donors (Lipinski definition) is 4. The van der Waals surface area contributed by atoms with E-state index >= 15 is 0 Å². The lowest BCUT2D eigenvalue weighted by molar-refractivity contribution is 0.0585. The molecule has 2 rings (SSSR count). The van der Waals surface area contributed by atoms with E-state index in [4.69, 9.17) is 0 Å². The van der Waals surface area contributed by atoms with Crippen molar-refractivity contribution in [1.29, 1.82) is 0 Å². The second kappa shape index (κ2) is 11.6. The van der Waals surface area contributed by atoms with E-state index < -0.39 is 0 Å². The molecule has 6 unspecified atom stereocenters. The number of rotatable bonds is 13. The molecule has 0 heterocycles. The zero-order chi connectivity index (χ0) is 22.4. The smallest absolute Gasteiger partial charge is 0.0596 e. The lowest BCUT2D eigenvalue weighted by atomic mass is 9.84. The fourth-order valence-electron chi connectivity index (χ4n) is 5.84. The highest BCUT2D eigenvalue weighted by atomic mass is 16.3. The minimum atomic E-state index is -0.183.